The van der Waals surface area contributed by atoms with Crippen molar-refractivity contribution in [3.8, 4) is 23.0 Å². The summed E-state index contributed by atoms with van der Waals surface area (Å²) < 4.78 is 23.5. The minimum atomic E-state index is -1.15. The second kappa shape index (κ2) is 15.4. The molecule has 0 saturated heterocycles. The molecule has 0 amide bonds. The van der Waals surface area contributed by atoms with Crippen LogP contribution in [0.25, 0.3) is 12.2 Å². The molecule has 0 aliphatic heterocycles. The molecule has 8 heteroatoms. The van der Waals surface area contributed by atoms with Gasteiger partial charge in [0.1, 0.15) is 23.0 Å². The van der Waals surface area contributed by atoms with Gasteiger partial charge in [0, 0.05) is 40.5 Å². The van der Waals surface area contributed by atoms with E-state index in [1.54, 1.807) is 76.3 Å². The second-order valence-electron chi connectivity index (χ2n) is 10.6. The van der Waals surface area contributed by atoms with Crippen molar-refractivity contribution in [3.63, 3.8) is 0 Å². The first kappa shape index (κ1) is 35.1. The van der Waals surface area contributed by atoms with Crippen LogP contribution in [0.5, 0.6) is 23.0 Å². The minimum Gasteiger partial charge on any atom is -0.464 e. The predicted molar refractivity (Wildman–Crippen MR) is 169 cm³/mol. The molecule has 2 N–H and O–H groups in total. The second-order valence-corrected chi connectivity index (χ2v) is 10.6. The highest BCUT2D eigenvalue weighted by Crippen LogP contribution is 2.48. The van der Waals surface area contributed by atoms with E-state index in [0.717, 1.165) is 0 Å². The minimum absolute atomic E-state index is 0.229. The molecule has 0 aromatic heterocycles. The van der Waals surface area contributed by atoms with Crippen molar-refractivity contribution in [1.82, 2.24) is 0 Å². The summed E-state index contributed by atoms with van der Waals surface area (Å²) >= 11 is 0. The highest BCUT2D eigenvalue weighted by molar-refractivity contribution is 5.90. The van der Waals surface area contributed by atoms with E-state index in [4.69, 9.17) is 18.9 Å². The molecule has 0 aliphatic carbocycles. The van der Waals surface area contributed by atoms with E-state index in [0.29, 0.717) is 46.6 Å². The Labute approximate surface area is 254 Å². The average Bonchev–Trinajstić information content (AvgIpc) is 2.95. The number of ether oxygens (including phenoxy) is 4. The lowest BCUT2D eigenvalue weighted by molar-refractivity contribution is -0.131. The summed E-state index contributed by atoms with van der Waals surface area (Å²) in [4.78, 5) is 24.9. The van der Waals surface area contributed by atoms with Crippen molar-refractivity contribution in [1.29, 1.82) is 0 Å². The van der Waals surface area contributed by atoms with Gasteiger partial charge in [0.25, 0.3) is 0 Å². The molecule has 0 radical (unpaired) electrons. The monoisotopic (exact) mass is 592 g/mol. The molecule has 0 heterocycles. The van der Waals surface area contributed by atoms with Crippen molar-refractivity contribution in [2.24, 2.45) is 0 Å². The van der Waals surface area contributed by atoms with Gasteiger partial charge in [-0.15, -0.1) is 0 Å². The quantitative estimate of drug-likeness (QED) is 0.102. The summed E-state index contributed by atoms with van der Waals surface area (Å²) in [6, 6.07) is 6.84. The van der Waals surface area contributed by atoms with Gasteiger partial charge >= 0.3 is 11.9 Å². The number of allylic oxidation sites excluding steroid dienone is 2. The molecule has 2 rings (SSSR count). The number of hydrogen-bond acceptors (Lipinski definition) is 8. The Morgan fingerprint density at radius 3 is 1.40 bits per heavy atom. The summed E-state index contributed by atoms with van der Waals surface area (Å²) in [5.74, 6) is -0.120. The van der Waals surface area contributed by atoms with Gasteiger partial charge in [0.15, 0.2) is 12.6 Å². The summed E-state index contributed by atoms with van der Waals surface area (Å²) in [5, 5.41) is 21.2. The average molecular weight is 593 g/mol. The van der Waals surface area contributed by atoms with Crippen LogP contribution in [0.1, 0.15) is 90.5 Å². The van der Waals surface area contributed by atoms with Crippen LogP contribution in [0, 0.1) is 0 Å². The molecule has 8 nitrogen and oxygen atoms in total. The van der Waals surface area contributed by atoms with E-state index < -0.39 is 29.9 Å². The highest BCUT2D eigenvalue weighted by atomic mass is 16.6. The van der Waals surface area contributed by atoms with Crippen LogP contribution >= 0.6 is 0 Å². The fourth-order valence-electron chi connectivity index (χ4n) is 4.19. The first-order valence-corrected chi connectivity index (χ1v) is 14.3. The molecule has 232 valence electrons. The Bertz CT molecular complexity index is 1310. The van der Waals surface area contributed by atoms with E-state index in [1.807, 2.05) is 27.7 Å². The van der Waals surface area contributed by atoms with Gasteiger partial charge in [0.05, 0.1) is 11.1 Å². The molecule has 2 aromatic rings. The van der Waals surface area contributed by atoms with Crippen LogP contribution in [-0.4, -0.2) is 34.7 Å². The molecule has 2 unspecified atom stereocenters. The van der Waals surface area contributed by atoms with Crippen molar-refractivity contribution >= 4 is 24.1 Å². The number of esters is 2. The number of carbonyl (C=O) groups excluding carboxylic acids is 2. The predicted octanol–water partition coefficient (Wildman–Crippen LogP) is 7.26. The van der Waals surface area contributed by atoms with Crippen LogP contribution < -0.4 is 18.9 Å². The zero-order valence-corrected chi connectivity index (χ0v) is 26.4. The van der Waals surface area contributed by atoms with Crippen molar-refractivity contribution in [3.05, 3.63) is 83.0 Å². The highest BCUT2D eigenvalue weighted by Gasteiger charge is 2.35. The molecular weight excluding hydrogens is 548 g/mol. The Balaban J connectivity index is 2.98. The Hall–Kier alpha value is -4.14. The lowest BCUT2D eigenvalue weighted by Gasteiger charge is -2.33. The largest absolute Gasteiger partial charge is 0.464 e. The van der Waals surface area contributed by atoms with Crippen LogP contribution in [-0.2, 0) is 15.0 Å². The van der Waals surface area contributed by atoms with Gasteiger partial charge in [-0.3, -0.25) is 0 Å². The number of benzene rings is 2. The van der Waals surface area contributed by atoms with Gasteiger partial charge in [-0.2, -0.15) is 0 Å². The van der Waals surface area contributed by atoms with E-state index in [-0.39, 0.29) is 22.6 Å². The number of aliphatic hydroxyl groups excluding tert-OH is 2. The smallest absolute Gasteiger partial charge is 0.338 e. The first-order valence-electron chi connectivity index (χ1n) is 14.3. The van der Waals surface area contributed by atoms with Gasteiger partial charge < -0.3 is 29.2 Å². The molecule has 0 bridgehead atoms. The van der Waals surface area contributed by atoms with E-state index in [9.17, 15) is 19.8 Å². The third kappa shape index (κ3) is 8.46. The number of rotatable bonds is 14. The van der Waals surface area contributed by atoms with Crippen molar-refractivity contribution < 1.29 is 38.7 Å². The van der Waals surface area contributed by atoms with E-state index in [1.165, 1.54) is 0 Å². The SMILES string of the molecule is C=C(C)C(=O)Oc1ccc(C(C)(C)c2ccc(OC(=O)C(=C)C)c(/C=C\C)c2OC(O)CC)c(OC(O)CC)c1/C=C\C. The summed E-state index contributed by atoms with van der Waals surface area (Å²) in [7, 11) is 0. The number of aliphatic hydroxyl groups is 2. The van der Waals surface area contributed by atoms with Crippen LogP contribution in [0.2, 0.25) is 0 Å². The lowest BCUT2D eigenvalue weighted by atomic mass is 9.75. The molecule has 0 spiro atoms. The fourth-order valence-corrected chi connectivity index (χ4v) is 4.19. The van der Waals surface area contributed by atoms with Gasteiger partial charge in [-0.25, -0.2) is 9.59 Å². The fraction of sp³-hybridized carbons (Fsp3) is 0.371. The number of hydrogen-bond donors (Lipinski definition) is 2. The standard InChI is InChI=1S/C35H44O8/c1-11-15-23-27(40-33(38)21(5)6)19-17-25(31(23)42-29(36)13-3)35(9,10)26-18-20-28(41-34(39)22(7)8)24(16-12-2)32(26)43-30(37)14-4/h11-12,15-20,29-30,36-37H,5,7,13-14H2,1-4,6,8-10H3/b15-11-,16-12-. The lowest BCUT2D eigenvalue weighted by Crippen LogP contribution is -2.26. The molecule has 2 atom stereocenters. The maximum absolute atomic E-state index is 12.5. The Kier molecular flexibility index (Phi) is 12.5. The van der Waals surface area contributed by atoms with Gasteiger partial charge in [-0.1, -0.05) is 77.3 Å². The summed E-state index contributed by atoms with van der Waals surface area (Å²) in [6.07, 6.45) is 5.33. The van der Waals surface area contributed by atoms with Crippen molar-refractivity contribution in [2.75, 3.05) is 0 Å². The normalized spacial score (nSPS) is 13.1. The molecule has 43 heavy (non-hydrogen) atoms. The molecule has 0 aliphatic rings. The zero-order valence-electron chi connectivity index (χ0n) is 26.4. The molecule has 0 fully saturated rings. The Morgan fingerprint density at radius 2 is 1.12 bits per heavy atom. The van der Waals surface area contributed by atoms with Crippen LogP contribution in [0.4, 0.5) is 0 Å². The number of carbonyl (C=O) groups is 2. The first-order chi connectivity index (χ1) is 20.2. The van der Waals surface area contributed by atoms with E-state index >= 15 is 0 Å². The van der Waals surface area contributed by atoms with Gasteiger partial charge in [0.2, 0.25) is 0 Å². The Morgan fingerprint density at radius 1 is 0.767 bits per heavy atom. The zero-order chi connectivity index (χ0) is 32.5. The summed E-state index contributed by atoms with van der Waals surface area (Å²) in [5.41, 5.74) is 1.74. The summed E-state index contributed by atoms with van der Waals surface area (Å²) in [6.45, 7) is 21.5. The van der Waals surface area contributed by atoms with E-state index in [2.05, 4.69) is 13.2 Å². The van der Waals surface area contributed by atoms with Crippen LogP contribution in [0.3, 0.4) is 0 Å². The molecule has 2 aromatic carbocycles. The molecular formula is C35H44O8. The maximum atomic E-state index is 12.5. The van der Waals surface area contributed by atoms with Gasteiger partial charge in [-0.05, 0) is 39.8 Å². The van der Waals surface area contributed by atoms with Crippen LogP contribution in [0.15, 0.2) is 60.7 Å². The third-order valence-electron chi connectivity index (χ3n) is 6.63. The topological polar surface area (TPSA) is 112 Å². The molecule has 0 saturated carbocycles. The third-order valence-corrected chi connectivity index (χ3v) is 6.63. The van der Waals surface area contributed by atoms with Crippen molar-refractivity contribution in [2.45, 2.75) is 86.2 Å². The maximum Gasteiger partial charge on any atom is 0.338 e.